The van der Waals surface area contributed by atoms with Crippen molar-refractivity contribution >= 4 is 21.9 Å². The number of benzene rings is 1. The van der Waals surface area contributed by atoms with Crippen LogP contribution in [0.5, 0.6) is 5.88 Å². The first kappa shape index (κ1) is 13.8. The molecular formula is C14H16BrN3O. The summed E-state index contributed by atoms with van der Waals surface area (Å²) in [5.41, 5.74) is 2.59. The number of nitrogens with zero attached hydrogens (tertiary/aromatic N) is 2. The standard InChI is InChI=1S/C14H16BrN3O/c1-3-10-6-4-5-7-11(10)8-16-14-17-9-12(15)13(18-14)19-2/h4-7,9H,3,8H2,1-2H3,(H,16,17,18). The third kappa shape index (κ3) is 3.44. The fourth-order valence-corrected chi connectivity index (χ4v) is 2.18. The first-order valence-corrected chi connectivity index (χ1v) is 6.91. The molecule has 2 rings (SSSR count). The molecule has 0 spiro atoms. The number of methoxy groups -OCH3 is 1. The number of nitrogens with one attached hydrogen (secondary N) is 1. The Labute approximate surface area is 121 Å². The molecule has 0 bridgehead atoms. The van der Waals surface area contributed by atoms with Gasteiger partial charge in [-0.15, -0.1) is 0 Å². The van der Waals surface area contributed by atoms with Crippen LogP contribution >= 0.6 is 15.9 Å². The summed E-state index contributed by atoms with van der Waals surface area (Å²) in [4.78, 5) is 8.48. The van der Waals surface area contributed by atoms with E-state index >= 15 is 0 Å². The van der Waals surface area contributed by atoms with Crippen molar-refractivity contribution in [2.45, 2.75) is 19.9 Å². The van der Waals surface area contributed by atoms with Gasteiger partial charge in [-0.2, -0.15) is 4.98 Å². The summed E-state index contributed by atoms with van der Waals surface area (Å²) in [6, 6.07) is 8.35. The summed E-state index contributed by atoms with van der Waals surface area (Å²) in [6.45, 7) is 2.85. The molecule has 0 aliphatic heterocycles. The van der Waals surface area contributed by atoms with Crippen LogP contribution in [0.4, 0.5) is 5.95 Å². The van der Waals surface area contributed by atoms with Crippen molar-refractivity contribution in [2.75, 3.05) is 12.4 Å². The Bertz CT molecular complexity index is 560. The summed E-state index contributed by atoms with van der Waals surface area (Å²) < 4.78 is 5.89. The normalized spacial score (nSPS) is 10.3. The van der Waals surface area contributed by atoms with Gasteiger partial charge in [0, 0.05) is 6.54 Å². The third-order valence-electron chi connectivity index (χ3n) is 2.84. The molecule has 0 atom stereocenters. The predicted octanol–water partition coefficient (Wildman–Crippen LogP) is 3.42. The average molecular weight is 322 g/mol. The lowest BCUT2D eigenvalue weighted by atomic mass is 10.1. The van der Waals surface area contributed by atoms with Gasteiger partial charge in [-0.3, -0.25) is 0 Å². The maximum atomic E-state index is 5.14. The van der Waals surface area contributed by atoms with E-state index < -0.39 is 0 Å². The number of halogens is 1. The lowest BCUT2D eigenvalue weighted by Crippen LogP contribution is -2.06. The Hall–Kier alpha value is -1.62. The lowest BCUT2D eigenvalue weighted by Gasteiger charge is -2.10. The van der Waals surface area contributed by atoms with Crippen LogP contribution in [0.2, 0.25) is 0 Å². The van der Waals surface area contributed by atoms with E-state index in [1.807, 2.05) is 6.07 Å². The Morgan fingerprint density at radius 1 is 1.26 bits per heavy atom. The van der Waals surface area contributed by atoms with Gasteiger partial charge in [0.05, 0.1) is 17.8 Å². The molecule has 19 heavy (non-hydrogen) atoms. The van der Waals surface area contributed by atoms with E-state index in [4.69, 9.17) is 4.74 Å². The predicted molar refractivity (Wildman–Crippen MR) is 79.4 cm³/mol. The SMILES string of the molecule is CCc1ccccc1CNc1ncc(Br)c(OC)n1. The van der Waals surface area contributed by atoms with Crippen molar-refractivity contribution in [3.8, 4) is 5.88 Å². The molecule has 0 amide bonds. The largest absolute Gasteiger partial charge is 0.480 e. The van der Waals surface area contributed by atoms with Crippen molar-refractivity contribution in [1.29, 1.82) is 0 Å². The van der Waals surface area contributed by atoms with Gasteiger partial charge in [-0.1, -0.05) is 31.2 Å². The summed E-state index contributed by atoms with van der Waals surface area (Å²) in [5, 5.41) is 3.21. The molecule has 0 saturated heterocycles. The number of rotatable bonds is 5. The molecule has 0 radical (unpaired) electrons. The van der Waals surface area contributed by atoms with Crippen LogP contribution in [0.15, 0.2) is 34.9 Å². The minimum Gasteiger partial charge on any atom is -0.480 e. The first-order chi connectivity index (χ1) is 9.24. The molecule has 5 heteroatoms. The van der Waals surface area contributed by atoms with Crippen molar-refractivity contribution in [2.24, 2.45) is 0 Å². The van der Waals surface area contributed by atoms with E-state index in [1.165, 1.54) is 11.1 Å². The number of hydrogen-bond acceptors (Lipinski definition) is 4. The summed E-state index contributed by atoms with van der Waals surface area (Å²) in [5.74, 6) is 1.09. The molecule has 1 aromatic carbocycles. The minimum absolute atomic E-state index is 0.529. The zero-order valence-corrected chi connectivity index (χ0v) is 12.6. The van der Waals surface area contributed by atoms with E-state index in [9.17, 15) is 0 Å². The zero-order chi connectivity index (χ0) is 13.7. The summed E-state index contributed by atoms with van der Waals surface area (Å²) >= 11 is 3.33. The van der Waals surface area contributed by atoms with E-state index in [2.05, 4.69) is 56.3 Å². The number of anilines is 1. The maximum Gasteiger partial charge on any atom is 0.232 e. The average Bonchev–Trinajstić information content (AvgIpc) is 2.46. The summed E-state index contributed by atoms with van der Waals surface area (Å²) in [7, 11) is 1.59. The van der Waals surface area contributed by atoms with Crippen LogP contribution in [-0.4, -0.2) is 17.1 Å². The number of ether oxygens (including phenoxy) is 1. The van der Waals surface area contributed by atoms with Gasteiger partial charge in [0.1, 0.15) is 0 Å². The highest BCUT2D eigenvalue weighted by Gasteiger charge is 2.05. The Kier molecular flexibility index (Phi) is 4.74. The van der Waals surface area contributed by atoms with E-state index in [0.717, 1.165) is 10.9 Å². The van der Waals surface area contributed by atoms with E-state index in [0.29, 0.717) is 18.4 Å². The molecule has 100 valence electrons. The third-order valence-corrected chi connectivity index (χ3v) is 3.39. The fraction of sp³-hybridized carbons (Fsp3) is 0.286. The van der Waals surface area contributed by atoms with Crippen LogP contribution < -0.4 is 10.1 Å². The van der Waals surface area contributed by atoms with Crippen molar-refractivity contribution in [3.63, 3.8) is 0 Å². The molecule has 0 aliphatic rings. The molecule has 0 unspecified atom stereocenters. The molecule has 4 nitrogen and oxygen atoms in total. The van der Waals surface area contributed by atoms with E-state index in [-0.39, 0.29) is 0 Å². The van der Waals surface area contributed by atoms with Gasteiger partial charge >= 0.3 is 0 Å². The highest BCUT2D eigenvalue weighted by atomic mass is 79.9. The maximum absolute atomic E-state index is 5.14. The van der Waals surface area contributed by atoms with Crippen molar-refractivity contribution in [1.82, 2.24) is 9.97 Å². The highest BCUT2D eigenvalue weighted by molar-refractivity contribution is 9.10. The number of aromatic nitrogens is 2. The molecule has 1 aromatic heterocycles. The Morgan fingerprint density at radius 2 is 2.00 bits per heavy atom. The molecule has 0 aliphatic carbocycles. The number of aryl methyl sites for hydroxylation is 1. The minimum atomic E-state index is 0.529. The monoisotopic (exact) mass is 321 g/mol. The number of hydrogen-bond donors (Lipinski definition) is 1. The van der Waals surface area contributed by atoms with Crippen LogP contribution in [0.1, 0.15) is 18.1 Å². The zero-order valence-electron chi connectivity index (χ0n) is 11.0. The fourth-order valence-electron chi connectivity index (χ4n) is 1.83. The highest BCUT2D eigenvalue weighted by Crippen LogP contribution is 2.22. The first-order valence-electron chi connectivity index (χ1n) is 6.11. The lowest BCUT2D eigenvalue weighted by molar-refractivity contribution is 0.394. The second kappa shape index (κ2) is 6.52. The van der Waals surface area contributed by atoms with Gasteiger partial charge in [0.15, 0.2) is 0 Å². The second-order valence-electron chi connectivity index (χ2n) is 4.03. The van der Waals surface area contributed by atoms with Crippen LogP contribution in [0.25, 0.3) is 0 Å². The smallest absolute Gasteiger partial charge is 0.232 e. The molecule has 2 aromatic rings. The van der Waals surface area contributed by atoms with Crippen LogP contribution in [-0.2, 0) is 13.0 Å². The molecule has 1 N–H and O–H groups in total. The van der Waals surface area contributed by atoms with Gasteiger partial charge in [-0.25, -0.2) is 4.98 Å². The van der Waals surface area contributed by atoms with Gasteiger partial charge in [0.2, 0.25) is 11.8 Å². The quantitative estimate of drug-likeness (QED) is 0.916. The second-order valence-corrected chi connectivity index (χ2v) is 4.88. The van der Waals surface area contributed by atoms with Gasteiger partial charge < -0.3 is 10.1 Å². The molecular weight excluding hydrogens is 306 g/mol. The van der Waals surface area contributed by atoms with E-state index in [1.54, 1.807) is 13.3 Å². The van der Waals surface area contributed by atoms with Crippen molar-refractivity contribution in [3.05, 3.63) is 46.1 Å². The van der Waals surface area contributed by atoms with Gasteiger partial charge in [0.25, 0.3) is 0 Å². The van der Waals surface area contributed by atoms with Crippen molar-refractivity contribution < 1.29 is 4.74 Å². The molecule has 1 heterocycles. The summed E-state index contributed by atoms with van der Waals surface area (Å²) in [6.07, 6.45) is 2.70. The Balaban J connectivity index is 2.10. The molecule has 0 saturated carbocycles. The topological polar surface area (TPSA) is 47.0 Å². The van der Waals surface area contributed by atoms with Crippen LogP contribution in [0.3, 0.4) is 0 Å². The Morgan fingerprint density at radius 3 is 2.68 bits per heavy atom. The molecule has 0 fully saturated rings. The van der Waals surface area contributed by atoms with Gasteiger partial charge in [-0.05, 0) is 33.5 Å². The van der Waals surface area contributed by atoms with Crippen LogP contribution in [0, 0.1) is 0 Å².